The highest BCUT2D eigenvalue weighted by molar-refractivity contribution is 5.94. The minimum Gasteiger partial charge on any atom is -0.478 e. The SMILES string of the molecule is Nc1ncc2c(c1C(=O)O)CCCCC2. The maximum atomic E-state index is 11.1. The second kappa shape index (κ2) is 3.88. The number of carboxylic acids is 1. The lowest BCUT2D eigenvalue weighted by molar-refractivity contribution is 0.0696. The summed E-state index contributed by atoms with van der Waals surface area (Å²) in [6, 6.07) is 0. The average Bonchev–Trinajstić information content (AvgIpc) is 2.41. The molecule has 4 heteroatoms. The Hall–Kier alpha value is -1.58. The summed E-state index contributed by atoms with van der Waals surface area (Å²) in [6.07, 6.45) is 6.75. The highest BCUT2D eigenvalue weighted by atomic mass is 16.4. The first-order chi connectivity index (χ1) is 7.20. The first kappa shape index (κ1) is 9.96. The monoisotopic (exact) mass is 206 g/mol. The fourth-order valence-electron chi connectivity index (χ4n) is 2.14. The average molecular weight is 206 g/mol. The summed E-state index contributed by atoms with van der Waals surface area (Å²) in [5, 5.41) is 9.09. The molecule has 0 saturated carbocycles. The molecule has 0 aromatic carbocycles. The van der Waals surface area contributed by atoms with Gasteiger partial charge in [-0.05, 0) is 36.8 Å². The van der Waals surface area contributed by atoms with Crippen LogP contribution in [0.3, 0.4) is 0 Å². The normalized spacial score (nSPS) is 15.5. The summed E-state index contributed by atoms with van der Waals surface area (Å²) < 4.78 is 0. The largest absolute Gasteiger partial charge is 0.478 e. The second-order valence-electron chi connectivity index (χ2n) is 3.89. The van der Waals surface area contributed by atoms with Crippen molar-refractivity contribution in [1.29, 1.82) is 0 Å². The molecule has 0 amide bonds. The quantitative estimate of drug-likeness (QED) is 0.685. The Bertz CT molecular complexity index is 402. The van der Waals surface area contributed by atoms with Crippen LogP contribution in [0.4, 0.5) is 5.82 Å². The summed E-state index contributed by atoms with van der Waals surface area (Å²) >= 11 is 0. The van der Waals surface area contributed by atoms with Gasteiger partial charge in [0.15, 0.2) is 0 Å². The highest BCUT2D eigenvalue weighted by Gasteiger charge is 2.19. The van der Waals surface area contributed by atoms with Gasteiger partial charge in [0, 0.05) is 6.20 Å². The van der Waals surface area contributed by atoms with Crippen LogP contribution >= 0.6 is 0 Å². The molecule has 4 nitrogen and oxygen atoms in total. The number of nitrogen functional groups attached to an aromatic ring is 1. The van der Waals surface area contributed by atoms with E-state index in [9.17, 15) is 4.79 Å². The minimum absolute atomic E-state index is 0.142. The molecular weight excluding hydrogens is 192 g/mol. The Morgan fingerprint density at radius 3 is 2.80 bits per heavy atom. The van der Waals surface area contributed by atoms with Gasteiger partial charge in [0.1, 0.15) is 11.4 Å². The van der Waals surface area contributed by atoms with Gasteiger partial charge in [0.05, 0.1) is 0 Å². The molecule has 0 unspecified atom stereocenters. The summed E-state index contributed by atoms with van der Waals surface area (Å²) in [5.41, 5.74) is 7.77. The van der Waals surface area contributed by atoms with E-state index in [-0.39, 0.29) is 11.4 Å². The molecule has 1 aliphatic rings. The molecule has 0 spiro atoms. The molecule has 0 radical (unpaired) electrons. The van der Waals surface area contributed by atoms with E-state index in [1.54, 1.807) is 6.20 Å². The molecular formula is C11H14N2O2. The predicted molar refractivity (Wildman–Crippen MR) is 56.9 cm³/mol. The van der Waals surface area contributed by atoms with Crippen LogP contribution in [0.5, 0.6) is 0 Å². The first-order valence-electron chi connectivity index (χ1n) is 5.19. The Morgan fingerprint density at radius 2 is 2.07 bits per heavy atom. The van der Waals surface area contributed by atoms with Gasteiger partial charge in [-0.15, -0.1) is 0 Å². The minimum atomic E-state index is -0.959. The fraction of sp³-hybridized carbons (Fsp3) is 0.455. The Labute approximate surface area is 88.1 Å². The molecule has 1 heterocycles. The van der Waals surface area contributed by atoms with Gasteiger partial charge in [-0.25, -0.2) is 9.78 Å². The molecule has 15 heavy (non-hydrogen) atoms. The van der Waals surface area contributed by atoms with Gasteiger partial charge in [-0.2, -0.15) is 0 Å². The molecule has 0 aliphatic heterocycles. The zero-order chi connectivity index (χ0) is 10.8. The van der Waals surface area contributed by atoms with Gasteiger partial charge in [0.2, 0.25) is 0 Å². The number of aryl methyl sites for hydroxylation is 1. The van der Waals surface area contributed by atoms with Gasteiger partial charge in [0.25, 0.3) is 0 Å². The van der Waals surface area contributed by atoms with Crippen LogP contribution in [0, 0.1) is 0 Å². The molecule has 0 fully saturated rings. The molecule has 0 atom stereocenters. The standard InChI is InChI=1S/C11H14N2O2/c12-10-9(11(14)15)8-5-3-1-2-4-7(8)6-13-10/h6H,1-5H2,(H2,12,13)(H,14,15). The van der Waals surface area contributed by atoms with Crippen LogP contribution in [0.1, 0.15) is 40.7 Å². The van der Waals surface area contributed by atoms with E-state index in [2.05, 4.69) is 4.98 Å². The zero-order valence-electron chi connectivity index (χ0n) is 8.49. The molecule has 3 N–H and O–H groups in total. The van der Waals surface area contributed by atoms with Gasteiger partial charge < -0.3 is 10.8 Å². The number of hydrogen-bond donors (Lipinski definition) is 2. The summed E-state index contributed by atoms with van der Waals surface area (Å²) in [5.74, 6) is -0.818. The van der Waals surface area contributed by atoms with Crippen molar-refractivity contribution in [2.45, 2.75) is 32.1 Å². The number of carboxylic acid groups (broad SMARTS) is 1. The van der Waals surface area contributed by atoms with E-state index in [1.165, 1.54) is 0 Å². The van der Waals surface area contributed by atoms with Crippen molar-refractivity contribution in [2.75, 3.05) is 5.73 Å². The fourth-order valence-corrected chi connectivity index (χ4v) is 2.14. The molecule has 0 bridgehead atoms. The lowest BCUT2D eigenvalue weighted by Gasteiger charge is -2.10. The molecule has 80 valence electrons. The lowest BCUT2D eigenvalue weighted by atomic mass is 9.99. The third-order valence-electron chi connectivity index (χ3n) is 2.89. The number of anilines is 1. The molecule has 1 aromatic heterocycles. The molecule has 1 aliphatic carbocycles. The summed E-state index contributed by atoms with van der Waals surface area (Å²) in [7, 11) is 0. The van der Waals surface area contributed by atoms with Crippen molar-refractivity contribution in [2.24, 2.45) is 0 Å². The maximum Gasteiger partial charge on any atom is 0.339 e. The third-order valence-corrected chi connectivity index (χ3v) is 2.89. The summed E-state index contributed by atoms with van der Waals surface area (Å²) in [4.78, 5) is 15.0. The number of carbonyl (C=O) groups is 1. The topological polar surface area (TPSA) is 76.2 Å². The molecule has 0 saturated heterocycles. The first-order valence-corrected chi connectivity index (χ1v) is 5.19. The van der Waals surface area contributed by atoms with Crippen molar-refractivity contribution in [3.63, 3.8) is 0 Å². The number of hydrogen-bond acceptors (Lipinski definition) is 3. The third kappa shape index (κ3) is 1.79. The van der Waals surface area contributed by atoms with Crippen LogP contribution in [0.15, 0.2) is 6.20 Å². The van der Waals surface area contributed by atoms with Gasteiger partial charge >= 0.3 is 5.97 Å². The second-order valence-corrected chi connectivity index (χ2v) is 3.89. The smallest absolute Gasteiger partial charge is 0.339 e. The lowest BCUT2D eigenvalue weighted by Crippen LogP contribution is -2.11. The number of aromatic nitrogens is 1. The maximum absolute atomic E-state index is 11.1. The van der Waals surface area contributed by atoms with Gasteiger partial charge in [-0.1, -0.05) is 6.42 Å². The molecule has 1 aromatic rings. The van der Waals surface area contributed by atoms with E-state index < -0.39 is 5.97 Å². The van der Waals surface area contributed by atoms with Crippen LogP contribution in [0.25, 0.3) is 0 Å². The van der Waals surface area contributed by atoms with Crippen LogP contribution in [-0.4, -0.2) is 16.1 Å². The number of nitrogens with zero attached hydrogens (tertiary/aromatic N) is 1. The van der Waals surface area contributed by atoms with Crippen LogP contribution < -0.4 is 5.73 Å². The number of rotatable bonds is 1. The van der Waals surface area contributed by atoms with Crippen molar-refractivity contribution in [3.8, 4) is 0 Å². The number of fused-ring (bicyclic) bond motifs is 1. The van der Waals surface area contributed by atoms with E-state index in [4.69, 9.17) is 10.8 Å². The zero-order valence-corrected chi connectivity index (χ0v) is 8.49. The Kier molecular flexibility index (Phi) is 2.58. The van der Waals surface area contributed by atoms with E-state index >= 15 is 0 Å². The van der Waals surface area contributed by atoms with Crippen LogP contribution in [0.2, 0.25) is 0 Å². The summed E-state index contributed by atoms with van der Waals surface area (Å²) in [6.45, 7) is 0. The Morgan fingerprint density at radius 1 is 1.33 bits per heavy atom. The van der Waals surface area contributed by atoms with Gasteiger partial charge in [-0.3, -0.25) is 0 Å². The number of aromatic carboxylic acids is 1. The van der Waals surface area contributed by atoms with E-state index in [1.807, 2.05) is 0 Å². The number of pyridine rings is 1. The highest BCUT2D eigenvalue weighted by Crippen LogP contribution is 2.25. The Balaban J connectivity index is 2.56. The van der Waals surface area contributed by atoms with Crippen LogP contribution in [-0.2, 0) is 12.8 Å². The molecule has 2 rings (SSSR count). The van der Waals surface area contributed by atoms with E-state index in [0.29, 0.717) is 0 Å². The predicted octanol–water partition coefficient (Wildman–Crippen LogP) is 1.63. The van der Waals surface area contributed by atoms with Crippen molar-refractivity contribution >= 4 is 11.8 Å². The van der Waals surface area contributed by atoms with Crippen molar-refractivity contribution in [3.05, 3.63) is 22.9 Å². The van der Waals surface area contributed by atoms with Crippen molar-refractivity contribution < 1.29 is 9.90 Å². The van der Waals surface area contributed by atoms with Crippen molar-refractivity contribution in [1.82, 2.24) is 4.98 Å². The number of nitrogens with two attached hydrogens (primary N) is 1. The van der Waals surface area contributed by atoms with E-state index in [0.717, 1.165) is 43.2 Å².